The van der Waals surface area contributed by atoms with E-state index in [2.05, 4.69) is 39.6 Å². The van der Waals surface area contributed by atoms with Crippen molar-refractivity contribution in [1.29, 1.82) is 0 Å². The molecule has 0 aromatic carbocycles. The third-order valence-corrected chi connectivity index (χ3v) is 14.4. The third kappa shape index (κ3) is 6.99. The molecule has 1 aromatic heterocycles. The van der Waals surface area contributed by atoms with E-state index in [1.807, 2.05) is 6.08 Å². The normalized spacial score (nSPS) is 41.3. The maximum atomic E-state index is 13.1. The number of aromatic nitrogens is 2. The van der Waals surface area contributed by atoms with Crippen LogP contribution in [0.5, 0.6) is 0 Å². The molecule has 6 rings (SSSR count). The second kappa shape index (κ2) is 13.9. The molecule has 0 bridgehead atoms. The number of hydrogen-bond donors (Lipinski definition) is 4. The number of nitrogens with one attached hydrogen (secondary N) is 1. The monoisotopic (exact) mass is 692 g/mol. The van der Waals surface area contributed by atoms with E-state index in [9.17, 15) is 29.3 Å². The fraction of sp³-hybridized carbons (Fsp3) is 0.833. The Morgan fingerprint density at radius 2 is 1.85 bits per heavy atom. The van der Waals surface area contributed by atoms with Crippen molar-refractivity contribution in [3.63, 3.8) is 0 Å². The molecule has 4 fully saturated rings. The molecule has 4 aliphatic carbocycles. The topological polar surface area (TPSA) is 160 Å². The van der Waals surface area contributed by atoms with E-state index in [0.29, 0.717) is 36.5 Å². The Hall–Kier alpha value is -1.59. The quantitative estimate of drug-likeness (QED) is 0.169. The van der Waals surface area contributed by atoms with Crippen molar-refractivity contribution in [2.75, 3.05) is 6.61 Å². The van der Waals surface area contributed by atoms with Crippen LogP contribution >= 0.6 is 7.82 Å². The van der Waals surface area contributed by atoms with Gasteiger partial charge in [-0.25, -0.2) is 9.36 Å². The number of fused-ring (bicyclic) bond motifs is 5. The first-order valence-corrected chi connectivity index (χ1v) is 19.8. The zero-order valence-corrected chi connectivity index (χ0v) is 30.1. The number of H-pyrrole nitrogens is 1. The van der Waals surface area contributed by atoms with Crippen LogP contribution in [0.25, 0.3) is 0 Å². The molecule has 48 heavy (non-hydrogen) atoms. The molecule has 5 aliphatic rings. The van der Waals surface area contributed by atoms with Crippen LogP contribution in [0.2, 0.25) is 0 Å². The number of aliphatic hydroxyl groups excluding tert-OH is 2. The molecular weight excluding hydrogens is 635 g/mol. The zero-order valence-electron chi connectivity index (χ0n) is 29.3. The van der Waals surface area contributed by atoms with Crippen LogP contribution in [0.4, 0.5) is 0 Å². The van der Waals surface area contributed by atoms with Crippen molar-refractivity contribution in [2.45, 2.75) is 136 Å². The molecule has 13 atom stereocenters. The number of aliphatic hydroxyl groups is 2. The third-order valence-electron chi connectivity index (χ3n) is 13.3. The van der Waals surface area contributed by atoms with E-state index >= 15 is 0 Å². The number of rotatable bonds is 11. The van der Waals surface area contributed by atoms with Gasteiger partial charge in [-0.2, -0.15) is 0 Å². The Labute approximate surface area is 284 Å². The average Bonchev–Trinajstić information content (AvgIpc) is 3.55. The summed E-state index contributed by atoms with van der Waals surface area (Å²) >= 11 is 0. The molecule has 1 unspecified atom stereocenters. The first-order valence-electron chi connectivity index (χ1n) is 18.3. The SMILES string of the molecule is CC(C)CCC[C@@H](C)[C@H]1CC[C@H]2[C@@H]3[C@@H](O)C=C4C[C@@H](OP(=O)(O)OC[C@H]5O[C@@H](n6ccc(=O)[nH]c6=O)C[C@@H]5O)CC[C@]4(C)[C@H]3CC[C@]12C. The van der Waals surface area contributed by atoms with Gasteiger partial charge in [-0.15, -0.1) is 0 Å². The molecule has 12 heteroatoms. The first kappa shape index (κ1) is 36.2. The predicted molar refractivity (Wildman–Crippen MR) is 181 cm³/mol. The summed E-state index contributed by atoms with van der Waals surface area (Å²) < 4.78 is 31.0. The van der Waals surface area contributed by atoms with Gasteiger partial charge in [0.2, 0.25) is 0 Å². The molecule has 1 aliphatic heterocycles. The van der Waals surface area contributed by atoms with Gasteiger partial charge in [-0.05, 0) is 91.3 Å². The van der Waals surface area contributed by atoms with Crippen LogP contribution in [0.3, 0.4) is 0 Å². The lowest BCUT2D eigenvalue weighted by atomic mass is 9.46. The van der Waals surface area contributed by atoms with E-state index in [1.54, 1.807) is 0 Å². The smallest absolute Gasteiger partial charge is 0.390 e. The van der Waals surface area contributed by atoms with Gasteiger partial charge in [-0.3, -0.25) is 23.4 Å². The lowest BCUT2D eigenvalue weighted by Gasteiger charge is -2.59. The van der Waals surface area contributed by atoms with E-state index in [0.717, 1.165) is 28.9 Å². The van der Waals surface area contributed by atoms with Crippen molar-refractivity contribution in [3.8, 4) is 0 Å². The number of hydrogen-bond acceptors (Lipinski definition) is 8. The van der Waals surface area contributed by atoms with Crippen LogP contribution in [0.15, 0.2) is 33.5 Å². The molecule has 1 saturated heterocycles. The number of phosphoric acid groups is 1. The highest BCUT2D eigenvalue weighted by Gasteiger charge is 2.61. The Kier molecular flexibility index (Phi) is 10.4. The van der Waals surface area contributed by atoms with E-state index in [1.165, 1.54) is 50.8 Å². The first-order chi connectivity index (χ1) is 22.6. The summed E-state index contributed by atoms with van der Waals surface area (Å²) in [4.78, 5) is 36.3. The molecule has 1 aromatic rings. The van der Waals surface area contributed by atoms with Crippen molar-refractivity contribution >= 4 is 7.82 Å². The van der Waals surface area contributed by atoms with Crippen LogP contribution in [-0.2, 0) is 18.3 Å². The summed E-state index contributed by atoms with van der Waals surface area (Å²) in [6.45, 7) is 11.5. The average molecular weight is 693 g/mol. The number of ether oxygens (including phenoxy) is 1. The van der Waals surface area contributed by atoms with Gasteiger partial charge < -0.3 is 19.8 Å². The largest absolute Gasteiger partial charge is 0.472 e. The standard InChI is InChI=1S/C36H57N2O9P/c1-21(2)7-6-8-22(3)25-9-10-26-33-27(12-15-36(25,26)5)35(4)14-11-24(17-23(35)18-29(33)40)47-48(43,44)45-20-30-28(39)19-32(46-30)38-16-13-31(41)37-34(38)42/h13,16,18,21-22,24-30,32-33,39-40H,6-12,14-15,17,19-20H2,1-5H3,(H,43,44)(H,37,41,42)/t22-,24+,25-,26+,27+,28+,29+,30-,32-,33+,35+,36-/m1/s1. The fourth-order valence-electron chi connectivity index (χ4n) is 10.8. The molecule has 270 valence electrons. The molecular formula is C36H57N2O9P. The van der Waals surface area contributed by atoms with Crippen LogP contribution in [0, 0.1) is 46.3 Å². The van der Waals surface area contributed by atoms with Crippen LogP contribution < -0.4 is 11.2 Å². The Morgan fingerprint density at radius 3 is 2.58 bits per heavy atom. The summed E-state index contributed by atoms with van der Waals surface area (Å²) in [5, 5.41) is 22.2. The Morgan fingerprint density at radius 1 is 1.08 bits per heavy atom. The lowest BCUT2D eigenvalue weighted by molar-refractivity contribution is -0.0973. The Balaban J connectivity index is 1.06. The van der Waals surface area contributed by atoms with Crippen molar-refractivity contribution in [2.24, 2.45) is 46.3 Å². The van der Waals surface area contributed by atoms with Gasteiger partial charge in [0.15, 0.2) is 0 Å². The minimum Gasteiger partial charge on any atom is -0.390 e. The highest BCUT2D eigenvalue weighted by molar-refractivity contribution is 7.47. The van der Waals surface area contributed by atoms with Crippen LogP contribution in [0.1, 0.15) is 111 Å². The second-order valence-electron chi connectivity index (χ2n) is 16.6. The summed E-state index contributed by atoms with van der Waals surface area (Å²) in [6.07, 6.45) is 9.93. The van der Waals surface area contributed by atoms with Gasteiger partial charge in [0.25, 0.3) is 5.56 Å². The predicted octanol–water partition coefficient (Wildman–Crippen LogP) is 5.70. The highest BCUT2D eigenvalue weighted by Crippen LogP contribution is 2.67. The summed E-state index contributed by atoms with van der Waals surface area (Å²) in [6, 6.07) is 1.18. The maximum Gasteiger partial charge on any atom is 0.472 e. The van der Waals surface area contributed by atoms with Crippen molar-refractivity contribution in [1.82, 2.24) is 9.55 Å². The molecule has 4 N–H and O–H groups in total. The fourth-order valence-corrected chi connectivity index (χ4v) is 11.8. The number of phosphoric ester groups is 1. The molecule has 3 saturated carbocycles. The van der Waals surface area contributed by atoms with Gasteiger partial charge in [0.05, 0.1) is 24.9 Å². The second-order valence-corrected chi connectivity index (χ2v) is 18.0. The van der Waals surface area contributed by atoms with Gasteiger partial charge in [0.1, 0.15) is 12.3 Å². The minimum atomic E-state index is -4.51. The molecule has 11 nitrogen and oxygen atoms in total. The summed E-state index contributed by atoms with van der Waals surface area (Å²) in [5.74, 6) is 3.28. The molecule has 0 amide bonds. The van der Waals surface area contributed by atoms with Gasteiger partial charge in [-0.1, -0.05) is 65.5 Å². The maximum absolute atomic E-state index is 13.1. The zero-order chi connectivity index (χ0) is 34.6. The van der Waals surface area contributed by atoms with Crippen LogP contribution in [-0.4, -0.2) is 55.7 Å². The van der Waals surface area contributed by atoms with Gasteiger partial charge in [0, 0.05) is 18.7 Å². The lowest BCUT2D eigenvalue weighted by Crippen LogP contribution is -2.55. The molecule has 0 spiro atoms. The summed E-state index contributed by atoms with van der Waals surface area (Å²) in [7, 11) is -4.51. The molecule has 2 heterocycles. The van der Waals surface area contributed by atoms with E-state index in [-0.39, 0.29) is 23.2 Å². The summed E-state index contributed by atoms with van der Waals surface area (Å²) in [5.41, 5.74) is 0.0806. The van der Waals surface area contributed by atoms with Crippen molar-refractivity contribution in [3.05, 3.63) is 44.8 Å². The number of nitrogens with zero attached hydrogens (tertiary/aromatic N) is 1. The van der Waals surface area contributed by atoms with Crippen molar-refractivity contribution < 1.29 is 33.5 Å². The highest BCUT2D eigenvalue weighted by atomic mass is 31.2. The van der Waals surface area contributed by atoms with E-state index < -0.39 is 56.3 Å². The Bertz CT molecular complexity index is 1510. The minimum absolute atomic E-state index is 0.0500. The molecule has 0 radical (unpaired) electrons. The number of aromatic amines is 1. The van der Waals surface area contributed by atoms with Gasteiger partial charge >= 0.3 is 13.5 Å². The van der Waals surface area contributed by atoms with E-state index in [4.69, 9.17) is 13.8 Å².